The third-order valence-electron chi connectivity index (χ3n) is 8.57. The Morgan fingerprint density at radius 3 is 2.58 bits per heavy atom. The van der Waals surface area contributed by atoms with E-state index in [1.807, 2.05) is 13.8 Å². The summed E-state index contributed by atoms with van der Waals surface area (Å²) >= 11 is 0. The van der Waals surface area contributed by atoms with E-state index in [-0.39, 0.29) is 34.5 Å². The Balaban J connectivity index is 1.94. The van der Waals surface area contributed by atoms with E-state index in [4.69, 9.17) is 4.74 Å². The number of ether oxygens (including phenoxy) is 1. The normalized spacial score (nSPS) is 41.4. The zero-order valence-electron chi connectivity index (χ0n) is 19.2. The molecule has 0 aromatic rings. The van der Waals surface area contributed by atoms with Crippen molar-refractivity contribution in [1.82, 2.24) is 0 Å². The number of hydrogen-bond donors (Lipinski definition) is 3. The first-order valence-electron chi connectivity index (χ1n) is 11.3. The fourth-order valence-electron chi connectivity index (χ4n) is 6.37. The number of carbonyl (C=O) groups excluding carboxylic acids is 2. The first-order chi connectivity index (χ1) is 14.4. The van der Waals surface area contributed by atoms with Gasteiger partial charge in [-0.2, -0.15) is 0 Å². The van der Waals surface area contributed by atoms with Crippen LogP contribution in [0.1, 0.15) is 54.4 Å². The smallest absolute Gasteiger partial charge is 0.309 e. The van der Waals surface area contributed by atoms with Crippen molar-refractivity contribution in [3.63, 3.8) is 0 Å². The molecule has 7 unspecified atom stereocenters. The van der Waals surface area contributed by atoms with Crippen molar-refractivity contribution < 1.29 is 29.6 Å². The molecule has 1 spiro atoms. The van der Waals surface area contributed by atoms with Crippen molar-refractivity contribution in [3.05, 3.63) is 34.4 Å². The zero-order chi connectivity index (χ0) is 23.1. The molecule has 31 heavy (non-hydrogen) atoms. The van der Waals surface area contributed by atoms with Gasteiger partial charge >= 0.3 is 5.97 Å². The molecule has 1 saturated carbocycles. The fourth-order valence-corrected chi connectivity index (χ4v) is 6.37. The molecule has 0 saturated heterocycles. The molecule has 0 radical (unpaired) electrons. The summed E-state index contributed by atoms with van der Waals surface area (Å²) in [6, 6.07) is 0. The molecular weight excluding hydrogens is 396 g/mol. The van der Waals surface area contributed by atoms with Crippen LogP contribution in [0.25, 0.3) is 0 Å². The van der Waals surface area contributed by atoms with Crippen LogP contribution in [-0.2, 0) is 14.3 Å². The Morgan fingerprint density at radius 2 is 2.00 bits per heavy atom. The second-order valence-electron chi connectivity index (χ2n) is 10.6. The number of hydrogen-bond acceptors (Lipinski definition) is 6. The summed E-state index contributed by atoms with van der Waals surface area (Å²) in [4.78, 5) is 26.8. The molecule has 4 rings (SSSR count). The Labute approximate surface area is 183 Å². The van der Waals surface area contributed by atoms with Gasteiger partial charge in [0.05, 0.1) is 17.9 Å². The lowest BCUT2D eigenvalue weighted by atomic mass is 9.59. The zero-order valence-corrected chi connectivity index (χ0v) is 19.2. The van der Waals surface area contributed by atoms with Gasteiger partial charge in [0.25, 0.3) is 0 Å². The minimum absolute atomic E-state index is 0.134. The number of carbonyl (C=O) groups is 2. The average Bonchev–Trinajstić information content (AvgIpc) is 3.21. The summed E-state index contributed by atoms with van der Waals surface area (Å²) in [6.45, 7) is 11.0. The summed E-state index contributed by atoms with van der Waals surface area (Å²) in [5.74, 6) is -1.21. The van der Waals surface area contributed by atoms with Crippen LogP contribution >= 0.6 is 0 Å². The molecule has 3 N–H and O–H groups in total. The van der Waals surface area contributed by atoms with Crippen molar-refractivity contribution in [2.75, 3.05) is 6.61 Å². The number of aliphatic hydroxyl groups is 3. The molecule has 6 nitrogen and oxygen atoms in total. The van der Waals surface area contributed by atoms with Gasteiger partial charge in [-0.3, -0.25) is 9.59 Å². The number of fused-ring (bicyclic) bond motifs is 2. The van der Waals surface area contributed by atoms with Crippen molar-refractivity contribution in [3.8, 4) is 0 Å². The quantitative estimate of drug-likeness (QED) is 0.468. The second kappa shape index (κ2) is 6.87. The first-order valence-corrected chi connectivity index (χ1v) is 11.3. The maximum Gasteiger partial charge on any atom is 0.309 e. The van der Waals surface area contributed by atoms with E-state index < -0.39 is 35.8 Å². The van der Waals surface area contributed by atoms with Gasteiger partial charge in [-0.05, 0) is 59.8 Å². The SMILES string of the molecule is CCC(C)C(=O)OC1C(C)=CC23C(=O)C(=C4C(CC2C)C4(C)C)C=C(CO)C(O)C13O. The van der Waals surface area contributed by atoms with E-state index in [2.05, 4.69) is 13.8 Å². The Morgan fingerprint density at radius 1 is 1.35 bits per heavy atom. The van der Waals surface area contributed by atoms with E-state index in [0.29, 0.717) is 24.0 Å². The largest absolute Gasteiger partial charge is 0.454 e. The van der Waals surface area contributed by atoms with E-state index in [1.165, 1.54) is 0 Å². The summed E-state index contributed by atoms with van der Waals surface area (Å²) in [5.41, 5.74) is -1.43. The van der Waals surface area contributed by atoms with Crippen LogP contribution < -0.4 is 0 Å². The van der Waals surface area contributed by atoms with Gasteiger partial charge < -0.3 is 20.1 Å². The highest BCUT2D eigenvalue weighted by Crippen LogP contribution is 2.69. The summed E-state index contributed by atoms with van der Waals surface area (Å²) in [6.07, 6.45) is 1.83. The van der Waals surface area contributed by atoms with E-state index >= 15 is 0 Å². The Bertz CT molecular complexity index is 940. The maximum atomic E-state index is 14.1. The number of ketones is 1. The highest BCUT2D eigenvalue weighted by molar-refractivity contribution is 6.08. The summed E-state index contributed by atoms with van der Waals surface area (Å²) in [7, 11) is 0. The van der Waals surface area contributed by atoms with Crippen molar-refractivity contribution in [2.45, 2.75) is 72.2 Å². The van der Waals surface area contributed by atoms with Crippen molar-refractivity contribution in [2.24, 2.45) is 28.6 Å². The molecule has 4 aliphatic carbocycles. The monoisotopic (exact) mass is 430 g/mol. The van der Waals surface area contributed by atoms with Crippen LogP contribution in [0.3, 0.4) is 0 Å². The van der Waals surface area contributed by atoms with Gasteiger partial charge in [0.1, 0.15) is 6.10 Å². The molecule has 7 atom stereocenters. The summed E-state index contributed by atoms with van der Waals surface area (Å²) in [5, 5.41) is 33.7. The lowest BCUT2D eigenvalue weighted by Crippen LogP contribution is -2.65. The molecule has 2 bridgehead atoms. The van der Waals surface area contributed by atoms with Crippen LogP contribution in [0.4, 0.5) is 0 Å². The minimum atomic E-state index is -2.09. The standard InChI is InChI=1S/C25H34O6/c1-7-12(2)22(29)31-21-13(3)10-24-14(4)8-17-18(23(17,5)6)16(20(24)28)9-15(11-26)19(27)25(21,24)30/h9-10,12,14,17,19,21,26-27,30H,7-8,11H2,1-6H3. The van der Waals surface area contributed by atoms with Crippen LogP contribution in [0.15, 0.2) is 34.4 Å². The summed E-state index contributed by atoms with van der Waals surface area (Å²) < 4.78 is 5.78. The highest BCUT2D eigenvalue weighted by Gasteiger charge is 2.73. The van der Waals surface area contributed by atoms with Crippen LogP contribution in [0.2, 0.25) is 0 Å². The lowest BCUT2D eigenvalue weighted by Gasteiger charge is -2.48. The molecule has 0 aromatic carbocycles. The van der Waals surface area contributed by atoms with E-state index in [0.717, 1.165) is 5.57 Å². The number of allylic oxidation sites excluding steroid dienone is 3. The van der Waals surface area contributed by atoms with Crippen molar-refractivity contribution >= 4 is 11.8 Å². The predicted octanol–water partition coefficient (Wildman–Crippen LogP) is 2.48. The Kier molecular flexibility index (Phi) is 4.97. The van der Waals surface area contributed by atoms with Gasteiger partial charge in [-0.15, -0.1) is 0 Å². The van der Waals surface area contributed by atoms with Crippen LogP contribution in [0, 0.1) is 28.6 Å². The molecule has 1 fully saturated rings. The number of esters is 1. The molecule has 4 aliphatic rings. The highest BCUT2D eigenvalue weighted by atomic mass is 16.6. The molecule has 0 amide bonds. The molecule has 6 heteroatoms. The first kappa shape index (κ1) is 22.4. The molecule has 0 heterocycles. The average molecular weight is 431 g/mol. The van der Waals surface area contributed by atoms with Gasteiger partial charge in [-0.1, -0.05) is 40.7 Å². The van der Waals surface area contributed by atoms with Gasteiger partial charge in [0.15, 0.2) is 17.5 Å². The van der Waals surface area contributed by atoms with Crippen molar-refractivity contribution in [1.29, 1.82) is 0 Å². The number of rotatable bonds is 4. The third kappa shape index (κ3) is 2.61. The topological polar surface area (TPSA) is 104 Å². The van der Waals surface area contributed by atoms with Gasteiger partial charge in [0, 0.05) is 5.57 Å². The maximum absolute atomic E-state index is 14.1. The van der Waals surface area contributed by atoms with Gasteiger partial charge in [-0.25, -0.2) is 0 Å². The molecule has 0 aliphatic heterocycles. The third-order valence-corrected chi connectivity index (χ3v) is 8.57. The van der Waals surface area contributed by atoms with Crippen LogP contribution in [0.5, 0.6) is 0 Å². The van der Waals surface area contributed by atoms with E-state index in [9.17, 15) is 24.9 Å². The number of Topliss-reactive ketones (excluding diaryl/α,β-unsaturated/α-hetero) is 1. The fraction of sp³-hybridized carbons (Fsp3) is 0.680. The second-order valence-corrected chi connectivity index (χ2v) is 10.6. The lowest BCUT2D eigenvalue weighted by molar-refractivity contribution is -0.203. The molecule has 170 valence electrons. The minimum Gasteiger partial charge on any atom is -0.454 e. The van der Waals surface area contributed by atoms with E-state index in [1.54, 1.807) is 26.0 Å². The van der Waals surface area contributed by atoms with Gasteiger partial charge in [0.2, 0.25) is 0 Å². The number of aliphatic hydroxyl groups excluding tert-OH is 2. The van der Waals surface area contributed by atoms with Crippen LogP contribution in [-0.4, -0.2) is 51.5 Å². The molecule has 0 aromatic heterocycles. The predicted molar refractivity (Wildman–Crippen MR) is 115 cm³/mol. The Hall–Kier alpha value is -1.76. The molecular formula is C25H34O6.